The summed E-state index contributed by atoms with van der Waals surface area (Å²) >= 11 is 3.53. The van der Waals surface area contributed by atoms with Crippen LogP contribution >= 0.6 is 15.9 Å². The van der Waals surface area contributed by atoms with Crippen molar-refractivity contribution in [1.29, 1.82) is 0 Å². The van der Waals surface area contributed by atoms with E-state index < -0.39 is 0 Å². The van der Waals surface area contributed by atoms with Crippen molar-refractivity contribution < 1.29 is 9.47 Å². The molecule has 3 heteroatoms. The van der Waals surface area contributed by atoms with Crippen LogP contribution in [0.5, 0.6) is 11.5 Å². The Kier molecular flexibility index (Phi) is 6.88. The number of hydrogen-bond acceptors (Lipinski definition) is 2. The van der Waals surface area contributed by atoms with Crippen molar-refractivity contribution in [2.45, 2.75) is 31.0 Å². The Bertz CT molecular complexity index is 375. The Morgan fingerprint density at radius 2 is 2.17 bits per heavy atom. The lowest BCUT2D eigenvalue weighted by Crippen LogP contribution is -2.02. The molecular formula is C15H21BrO2. The normalized spacial score (nSPS) is 11.9. The first-order valence-corrected chi connectivity index (χ1v) is 7.13. The molecule has 1 aromatic carbocycles. The Morgan fingerprint density at radius 3 is 2.78 bits per heavy atom. The molecule has 0 saturated heterocycles. The van der Waals surface area contributed by atoms with E-state index in [9.17, 15) is 0 Å². The summed E-state index contributed by atoms with van der Waals surface area (Å²) < 4.78 is 11.1. The molecule has 2 nitrogen and oxygen atoms in total. The van der Waals surface area contributed by atoms with Crippen molar-refractivity contribution in [1.82, 2.24) is 0 Å². The number of ether oxygens (including phenoxy) is 2. The standard InChI is InChI=1S/C15H21BrO2/c1-4-6-13-8-9-14(15(11-13)17-3)18-10-5-7-12(2)16/h4,8-9,11-12H,1,5-7,10H2,2-3H3. The summed E-state index contributed by atoms with van der Waals surface area (Å²) in [6, 6.07) is 6.02. The molecule has 0 spiro atoms. The second-order valence-corrected chi connectivity index (χ2v) is 5.81. The number of alkyl halides is 1. The maximum atomic E-state index is 5.74. The quantitative estimate of drug-likeness (QED) is 0.403. The van der Waals surface area contributed by atoms with E-state index in [4.69, 9.17) is 9.47 Å². The molecule has 0 fully saturated rings. The molecular weight excluding hydrogens is 292 g/mol. The maximum Gasteiger partial charge on any atom is 0.161 e. The topological polar surface area (TPSA) is 18.5 Å². The van der Waals surface area contributed by atoms with Crippen LogP contribution in [0, 0.1) is 0 Å². The van der Waals surface area contributed by atoms with Crippen LogP contribution in [0.15, 0.2) is 30.9 Å². The number of hydrogen-bond donors (Lipinski definition) is 0. The molecule has 1 aromatic rings. The van der Waals surface area contributed by atoms with Crippen molar-refractivity contribution in [2.75, 3.05) is 13.7 Å². The molecule has 0 aliphatic carbocycles. The van der Waals surface area contributed by atoms with Crippen molar-refractivity contribution in [3.63, 3.8) is 0 Å². The van der Waals surface area contributed by atoms with Crippen LogP contribution < -0.4 is 9.47 Å². The third-order valence-corrected chi connectivity index (χ3v) is 3.07. The van der Waals surface area contributed by atoms with Gasteiger partial charge in [-0.1, -0.05) is 35.0 Å². The van der Waals surface area contributed by atoms with Gasteiger partial charge in [0.15, 0.2) is 11.5 Å². The lowest BCUT2D eigenvalue weighted by molar-refractivity contribution is 0.286. The summed E-state index contributed by atoms with van der Waals surface area (Å²) in [5.41, 5.74) is 1.18. The zero-order chi connectivity index (χ0) is 13.4. The molecule has 0 aliphatic rings. The number of halogens is 1. The number of benzene rings is 1. The molecule has 0 radical (unpaired) electrons. The van der Waals surface area contributed by atoms with E-state index >= 15 is 0 Å². The summed E-state index contributed by atoms with van der Waals surface area (Å²) in [5.74, 6) is 1.61. The van der Waals surface area contributed by atoms with Gasteiger partial charge in [0.2, 0.25) is 0 Å². The minimum Gasteiger partial charge on any atom is -0.493 e. The van der Waals surface area contributed by atoms with Crippen LogP contribution in [0.25, 0.3) is 0 Å². The molecule has 1 unspecified atom stereocenters. The van der Waals surface area contributed by atoms with Gasteiger partial charge in [-0.25, -0.2) is 0 Å². The van der Waals surface area contributed by atoms with Gasteiger partial charge in [0, 0.05) is 4.83 Å². The fourth-order valence-electron chi connectivity index (χ4n) is 1.67. The van der Waals surface area contributed by atoms with E-state index in [1.54, 1.807) is 7.11 Å². The summed E-state index contributed by atoms with van der Waals surface area (Å²) in [5, 5.41) is 0. The van der Waals surface area contributed by atoms with Gasteiger partial charge in [-0.2, -0.15) is 0 Å². The highest BCUT2D eigenvalue weighted by Crippen LogP contribution is 2.28. The highest BCUT2D eigenvalue weighted by atomic mass is 79.9. The first-order chi connectivity index (χ1) is 8.67. The summed E-state index contributed by atoms with van der Waals surface area (Å²) in [6.45, 7) is 6.59. The SMILES string of the molecule is C=CCc1ccc(OCCCC(C)Br)c(OC)c1. The zero-order valence-corrected chi connectivity index (χ0v) is 12.7. The van der Waals surface area contributed by atoms with E-state index in [0.717, 1.165) is 30.8 Å². The van der Waals surface area contributed by atoms with Crippen LogP contribution in [-0.4, -0.2) is 18.5 Å². The molecule has 100 valence electrons. The van der Waals surface area contributed by atoms with Crippen LogP contribution in [0.3, 0.4) is 0 Å². The molecule has 0 bridgehead atoms. The summed E-state index contributed by atoms with van der Waals surface area (Å²) in [7, 11) is 1.67. The predicted molar refractivity (Wildman–Crippen MR) is 80.0 cm³/mol. The van der Waals surface area contributed by atoms with Crippen molar-refractivity contribution in [3.05, 3.63) is 36.4 Å². The molecule has 0 amide bonds. The van der Waals surface area contributed by atoms with Crippen molar-refractivity contribution >= 4 is 15.9 Å². The Hall–Kier alpha value is -0.960. The first-order valence-electron chi connectivity index (χ1n) is 6.22. The molecule has 0 aromatic heterocycles. The first kappa shape index (κ1) is 15.1. The number of rotatable bonds is 8. The van der Waals surface area contributed by atoms with Crippen LogP contribution in [0.1, 0.15) is 25.3 Å². The molecule has 0 heterocycles. The maximum absolute atomic E-state index is 5.74. The smallest absolute Gasteiger partial charge is 0.161 e. The van der Waals surface area contributed by atoms with E-state index in [2.05, 4.69) is 29.4 Å². The fraction of sp³-hybridized carbons (Fsp3) is 0.467. The number of methoxy groups -OCH3 is 1. The van der Waals surface area contributed by atoms with Gasteiger partial charge in [0.25, 0.3) is 0 Å². The molecule has 0 aliphatic heterocycles. The molecule has 1 rings (SSSR count). The lowest BCUT2D eigenvalue weighted by atomic mass is 10.1. The second-order valence-electron chi connectivity index (χ2n) is 4.25. The lowest BCUT2D eigenvalue weighted by Gasteiger charge is -2.12. The highest BCUT2D eigenvalue weighted by Gasteiger charge is 2.05. The van der Waals surface area contributed by atoms with Crippen LogP contribution in [0.2, 0.25) is 0 Å². The van der Waals surface area contributed by atoms with Gasteiger partial charge in [-0.15, -0.1) is 6.58 Å². The van der Waals surface area contributed by atoms with Crippen LogP contribution in [-0.2, 0) is 6.42 Å². The fourth-order valence-corrected chi connectivity index (χ4v) is 2.00. The van der Waals surface area contributed by atoms with Gasteiger partial charge in [0.1, 0.15) is 0 Å². The van der Waals surface area contributed by atoms with Gasteiger partial charge in [-0.3, -0.25) is 0 Å². The van der Waals surface area contributed by atoms with Gasteiger partial charge < -0.3 is 9.47 Å². The van der Waals surface area contributed by atoms with Crippen LogP contribution in [0.4, 0.5) is 0 Å². The van der Waals surface area contributed by atoms with E-state index in [1.807, 2.05) is 24.3 Å². The average Bonchev–Trinajstić information content (AvgIpc) is 2.35. The van der Waals surface area contributed by atoms with Gasteiger partial charge in [-0.05, 0) is 37.0 Å². The minimum atomic E-state index is 0.540. The molecule has 0 saturated carbocycles. The van der Waals surface area contributed by atoms with E-state index in [1.165, 1.54) is 5.56 Å². The predicted octanol–water partition coefficient (Wildman–Crippen LogP) is 4.37. The van der Waals surface area contributed by atoms with Gasteiger partial charge in [0.05, 0.1) is 13.7 Å². The zero-order valence-electron chi connectivity index (χ0n) is 11.1. The third kappa shape index (κ3) is 5.13. The monoisotopic (exact) mass is 312 g/mol. The average molecular weight is 313 g/mol. The Balaban J connectivity index is 2.56. The Morgan fingerprint density at radius 1 is 1.39 bits per heavy atom. The molecule has 0 N–H and O–H groups in total. The number of allylic oxidation sites excluding steroid dienone is 1. The summed E-state index contributed by atoms with van der Waals surface area (Å²) in [4.78, 5) is 0.540. The molecule has 18 heavy (non-hydrogen) atoms. The molecule has 1 atom stereocenters. The van der Waals surface area contributed by atoms with Gasteiger partial charge >= 0.3 is 0 Å². The highest BCUT2D eigenvalue weighted by molar-refractivity contribution is 9.09. The van der Waals surface area contributed by atoms with E-state index in [-0.39, 0.29) is 0 Å². The third-order valence-electron chi connectivity index (χ3n) is 2.61. The van der Waals surface area contributed by atoms with Crippen molar-refractivity contribution in [2.24, 2.45) is 0 Å². The van der Waals surface area contributed by atoms with E-state index in [0.29, 0.717) is 11.4 Å². The van der Waals surface area contributed by atoms with Crippen molar-refractivity contribution in [3.8, 4) is 11.5 Å². The second kappa shape index (κ2) is 8.20. The largest absolute Gasteiger partial charge is 0.493 e. The Labute approximate surface area is 118 Å². The minimum absolute atomic E-state index is 0.540. The summed E-state index contributed by atoms with van der Waals surface area (Å²) in [6.07, 6.45) is 4.87.